The monoisotopic (exact) mass is 445 g/mol. The zero-order valence-corrected chi connectivity index (χ0v) is 17.8. The fraction of sp³-hybridized carbons (Fsp3) is 0.240. The highest BCUT2D eigenvalue weighted by atomic mass is 16.5. The lowest BCUT2D eigenvalue weighted by Gasteiger charge is -2.27. The van der Waals surface area contributed by atoms with Gasteiger partial charge >= 0.3 is 5.97 Å². The zero-order chi connectivity index (χ0) is 22.8. The summed E-state index contributed by atoms with van der Waals surface area (Å²) in [6.45, 7) is -0.429. The van der Waals surface area contributed by atoms with E-state index < -0.39 is 24.5 Å². The van der Waals surface area contributed by atoms with Gasteiger partial charge in [0.1, 0.15) is 17.6 Å². The van der Waals surface area contributed by atoms with Gasteiger partial charge < -0.3 is 19.3 Å². The third-order valence-electron chi connectivity index (χ3n) is 5.92. The number of carbonyl (C=O) groups excluding carboxylic acids is 2. The Morgan fingerprint density at radius 1 is 1.12 bits per heavy atom. The van der Waals surface area contributed by atoms with Crippen molar-refractivity contribution >= 4 is 29.4 Å². The molecule has 0 radical (unpaired) electrons. The third-order valence-corrected chi connectivity index (χ3v) is 5.92. The minimum Gasteiger partial charge on any atom is -0.467 e. The van der Waals surface area contributed by atoms with Crippen LogP contribution in [-0.4, -0.2) is 29.2 Å². The van der Waals surface area contributed by atoms with E-state index in [2.05, 4.69) is 0 Å². The first-order valence-corrected chi connectivity index (χ1v) is 10.8. The molecule has 3 heterocycles. The van der Waals surface area contributed by atoms with Gasteiger partial charge in [-0.1, -0.05) is 0 Å². The molecule has 2 unspecified atom stereocenters. The summed E-state index contributed by atoms with van der Waals surface area (Å²) in [7, 11) is 0. The highest BCUT2D eigenvalue weighted by molar-refractivity contribution is 6.08. The molecule has 0 bridgehead atoms. The zero-order valence-electron chi connectivity index (χ0n) is 17.8. The van der Waals surface area contributed by atoms with Gasteiger partial charge in [0.05, 0.1) is 23.8 Å². The Morgan fingerprint density at radius 3 is 2.64 bits per heavy atom. The molecule has 0 spiro atoms. The number of hydrazone groups is 1. The molecule has 1 aromatic carbocycles. The van der Waals surface area contributed by atoms with E-state index in [0.29, 0.717) is 17.0 Å². The van der Waals surface area contributed by atoms with E-state index in [1.807, 2.05) is 24.3 Å². The van der Waals surface area contributed by atoms with E-state index in [9.17, 15) is 9.59 Å². The highest BCUT2D eigenvalue weighted by Gasteiger charge is 2.45. The van der Waals surface area contributed by atoms with Gasteiger partial charge in [0.2, 0.25) is 0 Å². The van der Waals surface area contributed by atoms with Crippen LogP contribution in [0.25, 0.3) is 6.08 Å². The van der Waals surface area contributed by atoms with Gasteiger partial charge in [-0.3, -0.25) is 4.79 Å². The van der Waals surface area contributed by atoms with Crippen LogP contribution in [0.2, 0.25) is 0 Å². The normalized spacial score (nSPS) is 21.0. The van der Waals surface area contributed by atoms with Crippen molar-refractivity contribution in [1.82, 2.24) is 5.01 Å². The predicted octanol–water partition coefficient (Wildman–Crippen LogP) is 4.43. The van der Waals surface area contributed by atoms with E-state index in [4.69, 9.17) is 24.4 Å². The second-order valence-corrected chi connectivity index (χ2v) is 8.07. The van der Waals surface area contributed by atoms with Crippen molar-refractivity contribution in [1.29, 1.82) is 0 Å². The summed E-state index contributed by atoms with van der Waals surface area (Å²) in [6.07, 6.45) is 7.85. The van der Waals surface area contributed by atoms with Gasteiger partial charge in [-0.2, -0.15) is 5.10 Å². The SMILES string of the molecule is Nc1ccc(C(=O)OCC(=O)N2N=C3C(=Cc4ccco4)CCCC3C2c2ccco2)cc1. The van der Waals surface area contributed by atoms with Gasteiger partial charge in [0.25, 0.3) is 5.91 Å². The number of anilines is 1. The second-order valence-electron chi connectivity index (χ2n) is 8.07. The molecule has 0 saturated heterocycles. The second kappa shape index (κ2) is 8.82. The first-order chi connectivity index (χ1) is 16.1. The summed E-state index contributed by atoms with van der Waals surface area (Å²) in [5, 5.41) is 6.09. The summed E-state index contributed by atoms with van der Waals surface area (Å²) in [6, 6.07) is 13.3. The number of hydrogen-bond acceptors (Lipinski definition) is 7. The molecule has 1 saturated carbocycles. The van der Waals surface area contributed by atoms with E-state index in [1.54, 1.807) is 42.9 Å². The molecule has 33 heavy (non-hydrogen) atoms. The number of nitrogens with zero attached hydrogens (tertiary/aromatic N) is 2. The lowest BCUT2D eigenvalue weighted by molar-refractivity contribution is -0.137. The summed E-state index contributed by atoms with van der Waals surface area (Å²) in [4.78, 5) is 25.5. The largest absolute Gasteiger partial charge is 0.467 e. The molecular formula is C25H23N3O5. The first-order valence-electron chi connectivity index (χ1n) is 10.8. The van der Waals surface area contributed by atoms with Crippen LogP contribution in [0.5, 0.6) is 0 Å². The van der Waals surface area contributed by atoms with Crippen LogP contribution in [0.15, 0.2) is 80.6 Å². The smallest absolute Gasteiger partial charge is 0.338 e. The lowest BCUT2D eigenvalue weighted by atomic mass is 9.79. The van der Waals surface area contributed by atoms with Crippen molar-refractivity contribution in [2.45, 2.75) is 25.3 Å². The van der Waals surface area contributed by atoms with Gasteiger partial charge in [-0.05, 0) is 79.4 Å². The van der Waals surface area contributed by atoms with Crippen molar-refractivity contribution in [3.05, 3.63) is 83.7 Å². The van der Waals surface area contributed by atoms with Crippen LogP contribution in [0, 0.1) is 5.92 Å². The third kappa shape index (κ3) is 4.19. The number of nitrogens with two attached hydrogens (primary N) is 1. The minimum absolute atomic E-state index is 0.0112. The number of benzene rings is 1. The van der Waals surface area contributed by atoms with Crippen molar-refractivity contribution in [2.24, 2.45) is 11.0 Å². The standard InChI is InChI=1S/C25H23N3O5/c26-18-10-8-16(9-11-18)25(30)33-15-22(29)28-24(21-7-3-13-32-21)20-6-1-4-17(23(20)27-28)14-19-5-2-12-31-19/h2-3,5,7-14,20,24H,1,4,6,15,26H2. The Balaban J connectivity index is 1.39. The quantitative estimate of drug-likeness (QED) is 0.459. The van der Waals surface area contributed by atoms with Crippen LogP contribution < -0.4 is 5.73 Å². The Morgan fingerprint density at radius 2 is 1.91 bits per heavy atom. The fourth-order valence-electron chi connectivity index (χ4n) is 4.39. The van der Waals surface area contributed by atoms with Crippen molar-refractivity contribution < 1.29 is 23.2 Å². The number of carbonyl (C=O) groups is 2. The number of esters is 1. The number of ether oxygens (including phenoxy) is 1. The predicted molar refractivity (Wildman–Crippen MR) is 121 cm³/mol. The van der Waals surface area contributed by atoms with Gasteiger partial charge in [0.15, 0.2) is 6.61 Å². The summed E-state index contributed by atoms with van der Waals surface area (Å²) in [5.74, 6) is 0.365. The van der Waals surface area contributed by atoms with Crippen LogP contribution in [0.1, 0.15) is 47.2 Å². The Kier molecular flexibility index (Phi) is 5.56. The molecule has 8 nitrogen and oxygen atoms in total. The van der Waals surface area contributed by atoms with E-state index >= 15 is 0 Å². The number of fused-ring (bicyclic) bond motifs is 1. The molecule has 1 aliphatic carbocycles. The number of hydrogen-bond donors (Lipinski definition) is 1. The Bertz CT molecular complexity index is 1190. The molecule has 3 aromatic rings. The summed E-state index contributed by atoms with van der Waals surface area (Å²) >= 11 is 0. The molecule has 2 aliphatic rings. The number of allylic oxidation sites excluding steroid dienone is 1. The topological polar surface area (TPSA) is 111 Å². The summed E-state index contributed by atoms with van der Waals surface area (Å²) < 4.78 is 16.4. The van der Waals surface area contributed by atoms with E-state index in [1.165, 1.54) is 5.01 Å². The molecule has 2 aromatic heterocycles. The average molecular weight is 445 g/mol. The minimum atomic E-state index is -0.597. The van der Waals surface area contributed by atoms with Gasteiger partial charge in [-0.15, -0.1) is 0 Å². The first kappa shape index (κ1) is 20.8. The number of amides is 1. The average Bonchev–Trinajstić information content (AvgIpc) is 3.58. The molecule has 5 rings (SSSR count). The number of furan rings is 2. The van der Waals surface area contributed by atoms with Crippen LogP contribution in [0.4, 0.5) is 5.69 Å². The molecule has 2 N–H and O–H groups in total. The molecule has 168 valence electrons. The molecule has 2 atom stereocenters. The van der Waals surface area contributed by atoms with Gasteiger partial charge in [-0.25, -0.2) is 9.80 Å². The van der Waals surface area contributed by atoms with E-state index in [-0.39, 0.29) is 5.92 Å². The maximum Gasteiger partial charge on any atom is 0.338 e. The molecule has 1 amide bonds. The Hall–Kier alpha value is -4.07. The lowest BCUT2D eigenvalue weighted by Crippen LogP contribution is -2.34. The van der Waals surface area contributed by atoms with Crippen LogP contribution in [-0.2, 0) is 9.53 Å². The molecule has 1 fully saturated rings. The van der Waals surface area contributed by atoms with Crippen LogP contribution in [0.3, 0.4) is 0 Å². The van der Waals surface area contributed by atoms with Crippen molar-refractivity contribution in [2.75, 3.05) is 12.3 Å². The maximum absolute atomic E-state index is 13.1. The number of rotatable bonds is 5. The van der Waals surface area contributed by atoms with Crippen molar-refractivity contribution in [3.8, 4) is 0 Å². The van der Waals surface area contributed by atoms with Crippen molar-refractivity contribution in [3.63, 3.8) is 0 Å². The number of nitrogen functional groups attached to an aromatic ring is 1. The van der Waals surface area contributed by atoms with E-state index in [0.717, 1.165) is 36.3 Å². The fourth-order valence-corrected chi connectivity index (χ4v) is 4.39. The molecular weight excluding hydrogens is 422 g/mol. The molecule has 8 heteroatoms. The molecule has 1 aliphatic heterocycles. The Labute approximate surface area is 190 Å². The maximum atomic E-state index is 13.1. The van der Waals surface area contributed by atoms with Gasteiger partial charge in [0, 0.05) is 11.6 Å². The highest BCUT2D eigenvalue weighted by Crippen LogP contribution is 2.44. The summed E-state index contributed by atoms with van der Waals surface area (Å²) in [5.41, 5.74) is 8.40. The van der Waals surface area contributed by atoms with Crippen LogP contribution >= 0.6 is 0 Å².